The van der Waals surface area contributed by atoms with Crippen LogP contribution < -0.4 is 0 Å². The van der Waals surface area contributed by atoms with E-state index in [1.165, 1.54) is 0 Å². The van der Waals surface area contributed by atoms with Gasteiger partial charge in [-0.25, -0.2) is 0 Å². The van der Waals surface area contributed by atoms with E-state index in [0.717, 1.165) is 28.0 Å². The summed E-state index contributed by atoms with van der Waals surface area (Å²) in [4.78, 5) is 0. The van der Waals surface area contributed by atoms with Crippen LogP contribution in [0.3, 0.4) is 0 Å². The number of hydrogen-bond acceptors (Lipinski definition) is 2. The third-order valence-electron chi connectivity index (χ3n) is 1.76. The maximum Gasteiger partial charge on any atom is 0.115 e. The summed E-state index contributed by atoms with van der Waals surface area (Å²) in [5.41, 5.74) is 1.11. The first-order valence-corrected chi connectivity index (χ1v) is 6.69. The summed E-state index contributed by atoms with van der Waals surface area (Å²) in [5.74, 6) is 8.13. The predicted octanol–water partition coefficient (Wildman–Crippen LogP) is 3.80. The smallest absolute Gasteiger partial charge is 0.115 e. The normalized spacial score (nSPS) is 9.47. The van der Waals surface area contributed by atoms with Crippen molar-refractivity contribution in [1.29, 1.82) is 0 Å². The molecule has 1 nitrogen and oxygen atoms in total. The number of phenols is 1. The van der Waals surface area contributed by atoms with E-state index < -0.39 is 0 Å². The van der Waals surface area contributed by atoms with Crippen LogP contribution in [0, 0.1) is 11.8 Å². The van der Waals surface area contributed by atoms with Gasteiger partial charge in [-0.05, 0) is 23.8 Å². The van der Waals surface area contributed by atoms with Gasteiger partial charge in [0.05, 0.1) is 5.75 Å². The van der Waals surface area contributed by atoms with Crippen molar-refractivity contribution in [3.05, 3.63) is 28.2 Å². The van der Waals surface area contributed by atoms with Gasteiger partial charge < -0.3 is 5.11 Å². The molecule has 0 aromatic heterocycles. The molecule has 1 aromatic carbocycles. The first kappa shape index (κ1) is 12.5. The Morgan fingerprint density at radius 3 is 2.93 bits per heavy atom. The van der Waals surface area contributed by atoms with Crippen LogP contribution >= 0.6 is 27.7 Å². The number of benzene rings is 1. The molecule has 80 valence electrons. The molecule has 0 saturated heterocycles. The molecule has 15 heavy (non-hydrogen) atoms. The highest BCUT2D eigenvalue weighted by molar-refractivity contribution is 9.10. The van der Waals surface area contributed by atoms with Gasteiger partial charge in [-0.2, -0.15) is 0 Å². The summed E-state index contributed by atoms with van der Waals surface area (Å²) in [6.45, 7) is 2.05. The monoisotopic (exact) mass is 284 g/mol. The number of hydrogen-bond donors (Lipinski definition) is 1. The Morgan fingerprint density at radius 1 is 1.40 bits per heavy atom. The third kappa shape index (κ3) is 4.63. The quantitative estimate of drug-likeness (QED) is 0.673. The molecule has 0 atom stereocenters. The van der Waals surface area contributed by atoms with Gasteiger partial charge in [0.1, 0.15) is 5.75 Å². The second-order valence-corrected chi connectivity index (χ2v) is 4.82. The lowest BCUT2D eigenvalue weighted by molar-refractivity contribution is 0.474. The van der Waals surface area contributed by atoms with Crippen molar-refractivity contribution in [1.82, 2.24) is 0 Å². The molecule has 0 spiro atoms. The maximum absolute atomic E-state index is 9.32. The lowest BCUT2D eigenvalue weighted by Gasteiger charge is -2.03. The van der Waals surface area contributed by atoms with E-state index in [1.54, 1.807) is 23.9 Å². The van der Waals surface area contributed by atoms with Crippen LogP contribution in [-0.4, -0.2) is 10.9 Å². The van der Waals surface area contributed by atoms with Crippen LogP contribution in [0.5, 0.6) is 5.75 Å². The molecule has 1 aromatic rings. The van der Waals surface area contributed by atoms with Gasteiger partial charge in [0.15, 0.2) is 0 Å². The van der Waals surface area contributed by atoms with Crippen molar-refractivity contribution in [2.75, 3.05) is 5.75 Å². The van der Waals surface area contributed by atoms with Crippen LogP contribution in [0.25, 0.3) is 0 Å². The maximum atomic E-state index is 9.32. The fourth-order valence-corrected chi connectivity index (χ4v) is 2.40. The zero-order valence-corrected chi connectivity index (χ0v) is 11.0. The molecule has 0 heterocycles. The molecule has 0 radical (unpaired) electrons. The fraction of sp³-hybridized carbons (Fsp3) is 0.333. The highest BCUT2D eigenvalue weighted by atomic mass is 79.9. The van der Waals surface area contributed by atoms with Gasteiger partial charge in [-0.3, -0.25) is 0 Å². The van der Waals surface area contributed by atoms with Gasteiger partial charge in [0.25, 0.3) is 0 Å². The molecule has 0 bridgehead atoms. The van der Waals surface area contributed by atoms with E-state index in [9.17, 15) is 5.11 Å². The average molecular weight is 285 g/mol. The van der Waals surface area contributed by atoms with Crippen molar-refractivity contribution in [2.24, 2.45) is 0 Å². The Kier molecular flexibility index (Phi) is 5.67. The average Bonchev–Trinajstić information content (AvgIpc) is 2.23. The van der Waals surface area contributed by atoms with Gasteiger partial charge in [-0.1, -0.05) is 28.8 Å². The summed E-state index contributed by atoms with van der Waals surface area (Å²) < 4.78 is 1.04. The molecule has 0 aliphatic heterocycles. The van der Waals surface area contributed by atoms with Crippen molar-refractivity contribution < 1.29 is 5.11 Å². The second-order valence-electron chi connectivity index (χ2n) is 2.98. The van der Waals surface area contributed by atoms with E-state index in [4.69, 9.17) is 0 Å². The number of aromatic hydroxyl groups is 1. The Labute approximate surface area is 103 Å². The summed E-state index contributed by atoms with van der Waals surface area (Å²) in [7, 11) is 0. The standard InChI is InChI=1S/C12H13BrOS/c1-2-3-4-7-15-9-10-8-11(14)5-6-12(10)13/h5-6,8,14H,2,7,9H2,1H3. The number of phenolic OH excluding ortho intramolecular Hbond substituents is 1. The minimum absolute atomic E-state index is 0.313. The van der Waals surface area contributed by atoms with Crippen LogP contribution in [0.2, 0.25) is 0 Å². The molecule has 0 fully saturated rings. The number of thioether (sulfide) groups is 1. The van der Waals surface area contributed by atoms with E-state index >= 15 is 0 Å². The lowest BCUT2D eigenvalue weighted by atomic mass is 10.2. The van der Waals surface area contributed by atoms with Crippen molar-refractivity contribution in [3.8, 4) is 17.6 Å². The van der Waals surface area contributed by atoms with Crippen LogP contribution in [0.1, 0.15) is 18.9 Å². The van der Waals surface area contributed by atoms with E-state index in [1.807, 2.05) is 13.0 Å². The van der Waals surface area contributed by atoms with Crippen molar-refractivity contribution in [2.45, 2.75) is 19.1 Å². The third-order valence-corrected chi connectivity index (χ3v) is 3.40. The van der Waals surface area contributed by atoms with E-state index in [0.29, 0.717) is 5.75 Å². The molecule has 0 unspecified atom stereocenters. The summed E-state index contributed by atoms with van der Waals surface area (Å²) in [6.07, 6.45) is 0.913. The molecule has 0 amide bonds. The summed E-state index contributed by atoms with van der Waals surface area (Å²) >= 11 is 5.21. The fourth-order valence-electron chi connectivity index (χ4n) is 1.06. The molecular weight excluding hydrogens is 272 g/mol. The van der Waals surface area contributed by atoms with Gasteiger partial charge >= 0.3 is 0 Å². The summed E-state index contributed by atoms with van der Waals surface area (Å²) in [5, 5.41) is 9.32. The topological polar surface area (TPSA) is 20.2 Å². The second kappa shape index (κ2) is 6.81. The van der Waals surface area contributed by atoms with E-state index in [-0.39, 0.29) is 0 Å². The van der Waals surface area contributed by atoms with Gasteiger partial charge in [-0.15, -0.1) is 17.7 Å². The Hall–Kier alpha value is -0.590. The van der Waals surface area contributed by atoms with Crippen LogP contribution in [0.4, 0.5) is 0 Å². The predicted molar refractivity (Wildman–Crippen MR) is 70.0 cm³/mol. The van der Waals surface area contributed by atoms with Crippen LogP contribution in [-0.2, 0) is 5.75 Å². The molecule has 0 saturated carbocycles. The van der Waals surface area contributed by atoms with Crippen molar-refractivity contribution in [3.63, 3.8) is 0 Å². The molecule has 0 aliphatic rings. The minimum atomic E-state index is 0.313. The molecule has 3 heteroatoms. The zero-order chi connectivity index (χ0) is 11.1. The molecule has 1 N–H and O–H groups in total. The Bertz CT molecular complexity index is 379. The molecular formula is C12H13BrOS. The minimum Gasteiger partial charge on any atom is -0.508 e. The molecule has 1 rings (SSSR count). The number of halogens is 1. The zero-order valence-electron chi connectivity index (χ0n) is 8.59. The Balaban J connectivity index is 2.46. The molecule has 0 aliphatic carbocycles. The lowest BCUT2D eigenvalue weighted by Crippen LogP contribution is -1.83. The van der Waals surface area contributed by atoms with Gasteiger partial charge in [0, 0.05) is 16.6 Å². The SMILES string of the molecule is CCC#CCSCc1cc(O)ccc1Br. The van der Waals surface area contributed by atoms with E-state index in [2.05, 4.69) is 27.8 Å². The first-order valence-electron chi connectivity index (χ1n) is 4.75. The Morgan fingerprint density at radius 2 is 2.20 bits per heavy atom. The first-order chi connectivity index (χ1) is 7.24. The van der Waals surface area contributed by atoms with Gasteiger partial charge in [0.2, 0.25) is 0 Å². The largest absolute Gasteiger partial charge is 0.508 e. The number of rotatable bonds is 3. The van der Waals surface area contributed by atoms with Crippen LogP contribution in [0.15, 0.2) is 22.7 Å². The summed E-state index contributed by atoms with van der Waals surface area (Å²) in [6, 6.07) is 5.32. The highest BCUT2D eigenvalue weighted by Crippen LogP contribution is 2.25. The highest BCUT2D eigenvalue weighted by Gasteiger charge is 2.00. The van der Waals surface area contributed by atoms with Crippen molar-refractivity contribution >= 4 is 27.7 Å².